The zero-order chi connectivity index (χ0) is 15.2. The second-order valence-electron chi connectivity index (χ2n) is 4.38. The smallest absolute Gasteiger partial charge is 0.259 e. The van der Waals surface area contributed by atoms with Crippen LogP contribution in [0.25, 0.3) is 0 Å². The molecule has 0 bridgehead atoms. The number of nitrogens with one attached hydrogen (secondary N) is 2. The Labute approximate surface area is 130 Å². The summed E-state index contributed by atoms with van der Waals surface area (Å²) >= 11 is 3.31. The molecule has 110 valence electrons. The van der Waals surface area contributed by atoms with Crippen LogP contribution in [0, 0.1) is 5.82 Å². The number of aromatic nitrogens is 1. The number of nitrogens with zero attached hydrogens (tertiary/aromatic N) is 1. The van der Waals surface area contributed by atoms with Crippen LogP contribution in [0.1, 0.15) is 23.7 Å². The van der Waals surface area contributed by atoms with Crippen LogP contribution in [0.2, 0.25) is 0 Å². The topological polar surface area (TPSA) is 54.0 Å². The Balaban J connectivity index is 2.27. The van der Waals surface area contributed by atoms with Gasteiger partial charge < -0.3 is 10.6 Å². The van der Waals surface area contributed by atoms with Crippen LogP contribution >= 0.6 is 15.9 Å². The van der Waals surface area contributed by atoms with Gasteiger partial charge >= 0.3 is 0 Å². The summed E-state index contributed by atoms with van der Waals surface area (Å²) in [5.74, 6) is -0.461. The number of carbonyl (C=O) groups excluding carboxylic acids is 1. The number of carbonyl (C=O) groups is 1. The predicted molar refractivity (Wildman–Crippen MR) is 85.1 cm³/mol. The Morgan fingerprint density at radius 1 is 1.33 bits per heavy atom. The SMILES string of the molecule is CCCNc1c(F)cccc1C(=O)Nc1ncccc1Br. The lowest BCUT2D eigenvalue weighted by molar-refractivity contribution is 0.102. The third kappa shape index (κ3) is 3.78. The molecule has 2 N–H and O–H groups in total. The summed E-state index contributed by atoms with van der Waals surface area (Å²) in [6.45, 7) is 2.56. The third-order valence-corrected chi connectivity index (χ3v) is 3.44. The monoisotopic (exact) mass is 351 g/mol. The number of hydrogen-bond donors (Lipinski definition) is 2. The summed E-state index contributed by atoms with van der Waals surface area (Å²) in [4.78, 5) is 16.4. The molecule has 1 aromatic carbocycles. The maximum absolute atomic E-state index is 13.9. The number of para-hydroxylation sites is 1. The van der Waals surface area contributed by atoms with Gasteiger partial charge in [-0.2, -0.15) is 0 Å². The van der Waals surface area contributed by atoms with Gasteiger partial charge in [0.1, 0.15) is 11.6 Å². The first-order valence-corrected chi connectivity index (χ1v) is 7.37. The Hall–Kier alpha value is -1.95. The number of pyridine rings is 1. The largest absolute Gasteiger partial charge is 0.382 e. The molecule has 2 rings (SSSR count). The second kappa shape index (κ2) is 7.17. The summed E-state index contributed by atoms with van der Waals surface area (Å²) in [7, 11) is 0. The molecule has 0 unspecified atom stereocenters. The molecular weight excluding hydrogens is 337 g/mol. The zero-order valence-electron chi connectivity index (χ0n) is 11.5. The third-order valence-electron chi connectivity index (χ3n) is 2.80. The van der Waals surface area contributed by atoms with Crippen molar-refractivity contribution in [1.29, 1.82) is 0 Å². The number of halogens is 2. The van der Waals surface area contributed by atoms with Crippen LogP contribution in [-0.2, 0) is 0 Å². The first-order valence-electron chi connectivity index (χ1n) is 6.57. The van der Waals surface area contributed by atoms with Crippen LogP contribution in [0.5, 0.6) is 0 Å². The lowest BCUT2D eigenvalue weighted by Gasteiger charge is -2.12. The van der Waals surface area contributed by atoms with Gasteiger partial charge in [-0.05, 0) is 46.6 Å². The molecule has 0 aliphatic heterocycles. The number of amides is 1. The van der Waals surface area contributed by atoms with Crippen molar-refractivity contribution in [3.8, 4) is 0 Å². The first-order chi connectivity index (χ1) is 10.1. The van der Waals surface area contributed by atoms with Crippen molar-refractivity contribution >= 4 is 33.3 Å². The number of benzene rings is 1. The minimum absolute atomic E-state index is 0.212. The summed E-state index contributed by atoms with van der Waals surface area (Å²) in [5.41, 5.74) is 0.463. The highest BCUT2D eigenvalue weighted by atomic mass is 79.9. The minimum atomic E-state index is -0.448. The van der Waals surface area contributed by atoms with Gasteiger partial charge in [0.15, 0.2) is 0 Å². The quantitative estimate of drug-likeness (QED) is 0.853. The van der Waals surface area contributed by atoms with Gasteiger partial charge in [0, 0.05) is 12.7 Å². The highest BCUT2D eigenvalue weighted by Crippen LogP contribution is 2.23. The molecule has 0 spiro atoms. The zero-order valence-corrected chi connectivity index (χ0v) is 13.1. The lowest BCUT2D eigenvalue weighted by Crippen LogP contribution is -2.17. The maximum Gasteiger partial charge on any atom is 0.259 e. The Morgan fingerprint density at radius 2 is 2.14 bits per heavy atom. The van der Waals surface area contributed by atoms with Crippen molar-refractivity contribution in [2.75, 3.05) is 17.2 Å². The highest BCUT2D eigenvalue weighted by molar-refractivity contribution is 9.10. The molecule has 4 nitrogen and oxygen atoms in total. The van der Waals surface area contributed by atoms with Crippen LogP contribution in [0.4, 0.5) is 15.9 Å². The fourth-order valence-corrected chi connectivity index (χ4v) is 2.15. The Kier molecular flexibility index (Phi) is 5.27. The van der Waals surface area contributed by atoms with E-state index < -0.39 is 11.7 Å². The van der Waals surface area contributed by atoms with E-state index in [0.29, 0.717) is 16.8 Å². The molecule has 2 aromatic rings. The average molecular weight is 352 g/mol. The fraction of sp³-hybridized carbons (Fsp3) is 0.200. The Morgan fingerprint density at radius 3 is 2.86 bits per heavy atom. The van der Waals surface area contributed by atoms with Crippen molar-refractivity contribution in [3.63, 3.8) is 0 Å². The molecule has 0 atom stereocenters. The van der Waals surface area contributed by atoms with Gasteiger partial charge in [0.25, 0.3) is 5.91 Å². The fourth-order valence-electron chi connectivity index (χ4n) is 1.80. The molecule has 1 amide bonds. The van der Waals surface area contributed by atoms with E-state index >= 15 is 0 Å². The van der Waals surface area contributed by atoms with E-state index in [0.717, 1.165) is 6.42 Å². The van der Waals surface area contributed by atoms with Crippen molar-refractivity contribution < 1.29 is 9.18 Å². The van der Waals surface area contributed by atoms with E-state index in [4.69, 9.17) is 0 Å². The Bertz CT molecular complexity index is 649. The van der Waals surface area contributed by atoms with Crippen LogP contribution in [-0.4, -0.2) is 17.4 Å². The summed E-state index contributed by atoms with van der Waals surface area (Å²) in [5, 5.41) is 5.61. The summed E-state index contributed by atoms with van der Waals surface area (Å²) in [6.07, 6.45) is 2.41. The molecule has 0 radical (unpaired) electrons. The van der Waals surface area contributed by atoms with Crippen molar-refractivity contribution in [2.24, 2.45) is 0 Å². The van der Waals surface area contributed by atoms with E-state index in [1.165, 1.54) is 12.1 Å². The minimum Gasteiger partial charge on any atom is -0.382 e. The predicted octanol–water partition coefficient (Wildman–Crippen LogP) is 4.06. The molecular formula is C15H15BrFN3O. The molecule has 0 fully saturated rings. The van der Waals surface area contributed by atoms with E-state index in [9.17, 15) is 9.18 Å². The number of hydrogen-bond acceptors (Lipinski definition) is 3. The molecule has 1 aromatic heterocycles. The normalized spacial score (nSPS) is 10.2. The van der Waals surface area contributed by atoms with Crippen LogP contribution in [0.15, 0.2) is 41.0 Å². The standard InChI is InChI=1S/C15H15BrFN3O/c1-2-8-18-13-10(5-3-7-12(13)17)15(21)20-14-11(16)6-4-9-19-14/h3-7,9,18H,2,8H2,1H3,(H,19,20,21). The van der Waals surface area contributed by atoms with Crippen molar-refractivity contribution in [1.82, 2.24) is 4.98 Å². The highest BCUT2D eigenvalue weighted by Gasteiger charge is 2.16. The number of anilines is 2. The summed E-state index contributed by atoms with van der Waals surface area (Å²) in [6, 6.07) is 7.92. The van der Waals surface area contributed by atoms with E-state index in [1.54, 1.807) is 24.4 Å². The average Bonchev–Trinajstić information content (AvgIpc) is 2.48. The second-order valence-corrected chi connectivity index (χ2v) is 5.23. The molecule has 1 heterocycles. The van der Waals surface area contributed by atoms with Gasteiger partial charge in [-0.15, -0.1) is 0 Å². The molecule has 0 aliphatic rings. The molecule has 0 saturated carbocycles. The van der Waals surface area contributed by atoms with Crippen LogP contribution < -0.4 is 10.6 Å². The van der Waals surface area contributed by atoms with Gasteiger partial charge in [-0.3, -0.25) is 4.79 Å². The lowest BCUT2D eigenvalue weighted by atomic mass is 10.1. The van der Waals surface area contributed by atoms with Gasteiger partial charge in [-0.1, -0.05) is 13.0 Å². The van der Waals surface area contributed by atoms with E-state index in [1.807, 2.05) is 6.92 Å². The first kappa shape index (κ1) is 15.4. The van der Waals surface area contributed by atoms with Gasteiger partial charge in [-0.25, -0.2) is 9.37 Å². The molecule has 0 saturated heterocycles. The molecule has 6 heteroatoms. The van der Waals surface area contributed by atoms with E-state index in [-0.39, 0.29) is 11.3 Å². The van der Waals surface area contributed by atoms with Gasteiger partial charge in [0.05, 0.1) is 15.7 Å². The molecule has 21 heavy (non-hydrogen) atoms. The number of rotatable bonds is 5. The van der Waals surface area contributed by atoms with E-state index in [2.05, 4.69) is 31.5 Å². The molecule has 0 aliphatic carbocycles. The van der Waals surface area contributed by atoms with Gasteiger partial charge in [0.2, 0.25) is 0 Å². The summed E-state index contributed by atoms with van der Waals surface area (Å²) < 4.78 is 14.5. The van der Waals surface area contributed by atoms with Crippen LogP contribution in [0.3, 0.4) is 0 Å². The maximum atomic E-state index is 13.9. The van der Waals surface area contributed by atoms with Crippen molar-refractivity contribution in [2.45, 2.75) is 13.3 Å². The van der Waals surface area contributed by atoms with Crippen molar-refractivity contribution in [3.05, 3.63) is 52.4 Å².